The molecule has 1 saturated heterocycles. The van der Waals surface area contributed by atoms with Crippen molar-refractivity contribution in [3.05, 3.63) is 11.8 Å². The highest BCUT2D eigenvalue weighted by Gasteiger charge is 2.21. The van der Waals surface area contributed by atoms with Crippen LogP contribution in [0.5, 0.6) is 0 Å². The van der Waals surface area contributed by atoms with Crippen molar-refractivity contribution in [1.82, 2.24) is 10.5 Å². The van der Waals surface area contributed by atoms with E-state index in [4.69, 9.17) is 4.52 Å². The van der Waals surface area contributed by atoms with Gasteiger partial charge in [0, 0.05) is 12.6 Å². The fourth-order valence-corrected chi connectivity index (χ4v) is 1.73. The van der Waals surface area contributed by atoms with E-state index in [0.717, 1.165) is 25.9 Å². The van der Waals surface area contributed by atoms with E-state index in [-0.39, 0.29) is 11.8 Å². The Balaban J connectivity index is 1.91. The Labute approximate surface area is 88.2 Å². The summed E-state index contributed by atoms with van der Waals surface area (Å²) in [5.74, 6) is 1.28. The first kappa shape index (κ1) is 10.2. The average molecular weight is 209 g/mol. The van der Waals surface area contributed by atoms with Crippen LogP contribution in [0.2, 0.25) is 0 Å². The Morgan fingerprint density at radius 3 is 3.20 bits per heavy atom. The summed E-state index contributed by atoms with van der Waals surface area (Å²) in [4.78, 5) is 11.7. The molecule has 82 valence electrons. The summed E-state index contributed by atoms with van der Waals surface area (Å²) in [6.45, 7) is 3.56. The Morgan fingerprint density at radius 2 is 2.60 bits per heavy atom. The molecule has 1 aliphatic heterocycles. The lowest BCUT2D eigenvalue weighted by Gasteiger charge is -2.21. The van der Waals surface area contributed by atoms with Crippen molar-refractivity contribution in [3.8, 4) is 0 Å². The molecule has 0 aromatic carbocycles. The number of carbonyl (C=O) groups is 1. The maximum atomic E-state index is 11.7. The van der Waals surface area contributed by atoms with Crippen molar-refractivity contribution < 1.29 is 9.32 Å². The van der Waals surface area contributed by atoms with Crippen LogP contribution >= 0.6 is 0 Å². The minimum absolute atomic E-state index is 0.0236. The number of rotatable bonds is 2. The molecule has 0 aliphatic carbocycles. The molecule has 5 nitrogen and oxygen atoms in total. The lowest BCUT2D eigenvalue weighted by molar-refractivity contribution is -0.120. The molecule has 0 spiro atoms. The van der Waals surface area contributed by atoms with Gasteiger partial charge in [-0.3, -0.25) is 4.79 Å². The fraction of sp³-hybridized carbons (Fsp3) is 0.600. The van der Waals surface area contributed by atoms with Crippen LogP contribution in [-0.2, 0) is 4.79 Å². The van der Waals surface area contributed by atoms with Gasteiger partial charge in [0.2, 0.25) is 5.91 Å². The largest absolute Gasteiger partial charge is 0.360 e. The zero-order valence-corrected chi connectivity index (χ0v) is 8.75. The second kappa shape index (κ2) is 4.44. The SMILES string of the molecule is Cc1cc(NC(=O)[C@H]2CCCNC2)no1. The average Bonchev–Trinajstić information content (AvgIpc) is 2.65. The van der Waals surface area contributed by atoms with E-state index >= 15 is 0 Å². The van der Waals surface area contributed by atoms with E-state index in [9.17, 15) is 4.79 Å². The van der Waals surface area contributed by atoms with E-state index in [2.05, 4.69) is 15.8 Å². The molecule has 1 amide bonds. The van der Waals surface area contributed by atoms with Gasteiger partial charge < -0.3 is 15.2 Å². The van der Waals surface area contributed by atoms with Crippen LogP contribution in [0.15, 0.2) is 10.6 Å². The van der Waals surface area contributed by atoms with Crippen LogP contribution < -0.4 is 10.6 Å². The van der Waals surface area contributed by atoms with Gasteiger partial charge in [-0.2, -0.15) is 0 Å². The van der Waals surface area contributed by atoms with Gasteiger partial charge in [0.05, 0.1) is 5.92 Å². The third kappa shape index (κ3) is 2.56. The van der Waals surface area contributed by atoms with Gasteiger partial charge in [0.25, 0.3) is 0 Å². The van der Waals surface area contributed by atoms with E-state index in [0.29, 0.717) is 11.6 Å². The molecule has 0 bridgehead atoms. The Kier molecular flexibility index (Phi) is 3.01. The van der Waals surface area contributed by atoms with E-state index in [1.807, 2.05) is 0 Å². The van der Waals surface area contributed by atoms with Crippen molar-refractivity contribution >= 4 is 11.7 Å². The number of anilines is 1. The Morgan fingerprint density at radius 1 is 1.73 bits per heavy atom. The molecule has 5 heteroatoms. The third-order valence-electron chi connectivity index (χ3n) is 2.55. The lowest BCUT2D eigenvalue weighted by atomic mass is 9.99. The molecular weight excluding hydrogens is 194 g/mol. The Bertz CT molecular complexity index is 342. The van der Waals surface area contributed by atoms with Crippen LogP contribution in [0.25, 0.3) is 0 Å². The fourth-order valence-electron chi connectivity index (χ4n) is 1.73. The van der Waals surface area contributed by atoms with Gasteiger partial charge in [-0.05, 0) is 26.3 Å². The third-order valence-corrected chi connectivity index (χ3v) is 2.55. The molecule has 2 heterocycles. The zero-order valence-electron chi connectivity index (χ0n) is 8.75. The molecule has 1 aromatic rings. The van der Waals surface area contributed by atoms with E-state index in [1.54, 1.807) is 13.0 Å². The van der Waals surface area contributed by atoms with Crippen molar-refractivity contribution in [2.24, 2.45) is 5.92 Å². The number of nitrogens with zero attached hydrogens (tertiary/aromatic N) is 1. The molecule has 0 saturated carbocycles. The standard InChI is InChI=1S/C10H15N3O2/c1-7-5-9(13-15-7)12-10(14)8-3-2-4-11-6-8/h5,8,11H,2-4,6H2,1H3,(H,12,13,14)/t8-/m0/s1. The topological polar surface area (TPSA) is 67.2 Å². The predicted octanol–water partition coefficient (Wildman–Crippen LogP) is 0.921. The molecule has 2 N–H and O–H groups in total. The van der Waals surface area contributed by atoms with Gasteiger partial charge in [-0.25, -0.2) is 0 Å². The minimum Gasteiger partial charge on any atom is -0.360 e. The summed E-state index contributed by atoms with van der Waals surface area (Å²) in [5, 5.41) is 9.67. The predicted molar refractivity (Wildman–Crippen MR) is 55.5 cm³/mol. The summed E-state index contributed by atoms with van der Waals surface area (Å²) >= 11 is 0. The van der Waals surface area contributed by atoms with Crippen LogP contribution in [0, 0.1) is 12.8 Å². The van der Waals surface area contributed by atoms with Crippen LogP contribution in [0.3, 0.4) is 0 Å². The summed E-state index contributed by atoms with van der Waals surface area (Å²) in [5.41, 5.74) is 0. The summed E-state index contributed by atoms with van der Waals surface area (Å²) in [6.07, 6.45) is 1.99. The second-order valence-electron chi connectivity index (χ2n) is 3.86. The molecule has 1 aromatic heterocycles. The van der Waals surface area contributed by atoms with Crippen LogP contribution in [0.1, 0.15) is 18.6 Å². The zero-order chi connectivity index (χ0) is 10.7. The highest BCUT2D eigenvalue weighted by Crippen LogP contribution is 2.13. The smallest absolute Gasteiger partial charge is 0.230 e. The van der Waals surface area contributed by atoms with Crippen molar-refractivity contribution in [2.45, 2.75) is 19.8 Å². The van der Waals surface area contributed by atoms with Crippen molar-refractivity contribution in [2.75, 3.05) is 18.4 Å². The number of hydrogen-bond donors (Lipinski definition) is 2. The number of aromatic nitrogens is 1. The van der Waals surface area contributed by atoms with Crippen LogP contribution in [0.4, 0.5) is 5.82 Å². The molecule has 1 atom stereocenters. The molecule has 1 fully saturated rings. The molecule has 2 rings (SSSR count). The molecule has 0 unspecified atom stereocenters. The number of aryl methyl sites for hydroxylation is 1. The number of carbonyl (C=O) groups excluding carboxylic acids is 1. The normalized spacial score (nSPS) is 21.3. The highest BCUT2D eigenvalue weighted by molar-refractivity contribution is 5.91. The molecule has 0 radical (unpaired) electrons. The number of nitrogens with one attached hydrogen (secondary N) is 2. The first-order valence-electron chi connectivity index (χ1n) is 5.20. The van der Waals surface area contributed by atoms with Crippen LogP contribution in [-0.4, -0.2) is 24.2 Å². The van der Waals surface area contributed by atoms with Gasteiger partial charge in [-0.15, -0.1) is 0 Å². The highest BCUT2D eigenvalue weighted by atomic mass is 16.5. The van der Waals surface area contributed by atoms with E-state index in [1.165, 1.54) is 0 Å². The maximum Gasteiger partial charge on any atom is 0.230 e. The molecule has 15 heavy (non-hydrogen) atoms. The number of amides is 1. The van der Waals surface area contributed by atoms with Crippen molar-refractivity contribution in [1.29, 1.82) is 0 Å². The first-order chi connectivity index (χ1) is 7.25. The van der Waals surface area contributed by atoms with Gasteiger partial charge >= 0.3 is 0 Å². The van der Waals surface area contributed by atoms with Gasteiger partial charge in [-0.1, -0.05) is 5.16 Å². The summed E-state index contributed by atoms with van der Waals surface area (Å²) < 4.78 is 4.87. The summed E-state index contributed by atoms with van der Waals surface area (Å²) in [6, 6.07) is 1.72. The number of hydrogen-bond acceptors (Lipinski definition) is 4. The van der Waals surface area contributed by atoms with Gasteiger partial charge in [0.15, 0.2) is 5.82 Å². The van der Waals surface area contributed by atoms with Gasteiger partial charge in [0.1, 0.15) is 5.76 Å². The van der Waals surface area contributed by atoms with E-state index < -0.39 is 0 Å². The monoisotopic (exact) mass is 209 g/mol. The number of piperidine rings is 1. The first-order valence-corrected chi connectivity index (χ1v) is 5.20. The minimum atomic E-state index is 0.0236. The van der Waals surface area contributed by atoms with Crippen molar-refractivity contribution in [3.63, 3.8) is 0 Å². The molecular formula is C10H15N3O2. The maximum absolute atomic E-state index is 11.7. The lowest BCUT2D eigenvalue weighted by Crippen LogP contribution is -2.37. The Hall–Kier alpha value is -1.36. The molecule has 1 aliphatic rings. The quantitative estimate of drug-likeness (QED) is 0.760. The summed E-state index contributed by atoms with van der Waals surface area (Å²) in [7, 11) is 0. The second-order valence-corrected chi connectivity index (χ2v) is 3.86.